The summed E-state index contributed by atoms with van der Waals surface area (Å²) in [4.78, 5) is 4.79. The van der Waals surface area contributed by atoms with Crippen LogP contribution in [0.15, 0.2) is 41.1 Å². The Morgan fingerprint density at radius 1 is 1.24 bits per heavy atom. The van der Waals surface area contributed by atoms with Crippen LogP contribution < -0.4 is 5.73 Å². The summed E-state index contributed by atoms with van der Waals surface area (Å²) in [7, 11) is 0. The van der Waals surface area contributed by atoms with Crippen LogP contribution in [-0.4, -0.2) is 24.8 Å². The van der Waals surface area contributed by atoms with Gasteiger partial charge in [-0.25, -0.2) is 0 Å². The molecule has 0 aliphatic rings. The van der Waals surface area contributed by atoms with Crippen LogP contribution in [0, 0.1) is 0 Å². The van der Waals surface area contributed by atoms with Crippen LogP contribution in [0.2, 0.25) is 0 Å². The van der Waals surface area contributed by atoms with Gasteiger partial charge in [0.25, 0.3) is 0 Å². The summed E-state index contributed by atoms with van der Waals surface area (Å²) in [5.41, 5.74) is 6.42. The Kier molecular flexibility index (Phi) is 2.76. The van der Waals surface area contributed by atoms with Gasteiger partial charge in [0.2, 0.25) is 4.96 Å². The van der Waals surface area contributed by atoms with Crippen molar-refractivity contribution in [3.8, 4) is 22.2 Å². The Balaban J connectivity index is 1.82. The summed E-state index contributed by atoms with van der Waals surface area (Å²) in [5, 5.41) is 13.6. The summed E-state index contributed by atoms with van der Waals surface area (Å²) < 4.78 is 7.31. The predicted molar refractivity (Wildman–Crippen MR) is 77.5 cm³/mol. The van der Waals surface area contributed by atoms with Crippen LogP contribution >= 0.6 is 11.3 Å². The van der Waals surface area contributed by atoms with E-state index in [1.807, 2.05) is 24.3 Å². The maximum absolute atomic E-state index is 5.61. The van der Waals surface area contributed by atoms with Gasteiger partial charge in [-0.05, 0) is 24.3 Å². The number of aromatic nitrogens is 5. The van der Waals surface area contributed by atoms with Gasteiger partial charge in [0.1, 0.15) is 5.76 Å². The van der Waals surface area contributed by atoms with Crippen LogP contribution in [0.25, 0.3) is 27.1 Å². The fraction of sp³-hybridized carbons (Fsp3) is 0.0769. The predicted octanol–water partition coefficient (Wildman–Crippen LogP) is 1.97. The number of pyridine rings is 1. The number of furan rings is 1. The molecule has 7 nitrogen and oxygen atoms in total. The first kappa shape index (κ1) is 12.2. The fourth-order valence-corrected chi connectivity index (χ4v) is 2.80. The number of rotatable bonds is 3. The van der Waals surface area contributed by atoms with Crippen LogP contribution in [0.5, 0.6) is 0 Å². The second kappa shape index (κ2) is 4.76. The summed E-state index contributed by atoms with van der Waals surface area (Å²) in [5.74, 6) is 2.07. The number of fused-ring (bicyclic) bond motifs is 1. The van der Waals surface area contributed by atoms with Crippen LogP contribution in [0.1, 0.15) is 5.76 Å². The zero-order chi connectivity index (χ0) is 14.2. The van der Waals surface area contributed by atoms with E-state index in [-0.39, 0.29) is 0 Å². The molecule has 0 aliphatic heterocycles. The van der Waals surface area contributed by atoms with Crippen molar-refractivity contribution in [1.82, 2.24) is 24.8 Å². The third-order valence-electron chi connectivity index (χ3n) is 2.98. The van der Waals surface area contributed by atoms with Crippen molar-refractivity contribution in [2.75, 3.05) is 0 Å². The molecular formula is C13H10N6OS. The van der Waals surface area contributed by atoms with E-state index in [4.69, 9.17) is 10.2 Å². The van der Waals surface area contributed by atoms with Gasteiger partial charge in [0, 0.05) is 18.0 Å². The standard InChI is InChI=1S/C13H10N6OS/c14-6-9-3-4-10(20-9)12-18-19-11(16-17-13(19)21-12)8-2-1-5-15-7-8/h1-5,7H,6,14H2. The molecule has 21 heavy (non-hydrogen) atoms. The Bertz CT molecular complexity index is 894. The van der Waals surface area contributed by atoms with Crippen molar-refractivity contribution in [1.29, 1.82) is 0 Å². The fourth-order valence-electron chi connectivity index (χ4n) is 1.99. The minimum Gasteiger partial charge on any atom is -0.457 e. The molecule has 0 spiro atoms. The number of nitrogens with two attached hydrogens (primary N) is 1. The second-order valence-electron chi connectivity index (χ2n) is 4.34. The zero-order valence-electron chi connectivity index (χ0n) is 10.8. The minimum atomic E-state index is 0.366. The molecule has 4 aromatic rings. The van der Waals surface area contributed by atoms with Crippen molar-refractivity contribution in [2.24, 2.45) is 5.73 Å². The molecule has 0 saturated carbocycles. The molecule has 0 unspecified atom stereocenters. The van der Waals surface area contributed by atoms with Gasteiger partial charge < -0.3 is 10.2 Å². The monoisotopic (exact) mass is 298 g/mol. The highest BCUT2D eigenvalue weighted by molar-refractivity contribution is 7.19. The molecule has 4 rings (SSSR count). The van der Waals surface area contributed by atoms with Crippen molar-refractivity contribution in [2.45, 2.75) is 6.54 Å². The van der Waals surface area contributed by atoms with Crippen molar-refractivity contribution in [3.05, 3.63) is 42.4 Å². The van der Waals surface area contributed by atoms with E-state index in [0.717, 1.165) is 16.3 Å². The smallest absolute Gasteiger partial charge is 0.235 e. The Morgan fingerprint density at radius 2 is 2.19 bits per heavy atom. The first-order valence-electron chi connectivity index (χ1n) is 6.27. The van der Waals surface area contributed by atoms with E-state index in [9.17, 15) is 0 Å². The molecular weight excluding hydrogens is 288 g/mol. The quantitative estimate of drug-likeness (QED) is 0.621. The van der Waals surface area contributed by atoms with Gasteiger partial charge in [-0.15, -0.1) is 15.3 Å². The van der Waals surface area contributed by atoms with Gasteiger partial charge in [-0.2, -0.15) is 4.52 Å². The maximum Gasteiger partial charge on any atom is 0.235 e. The molecule has 8 heteroatoms. The maximum atomic E-state index is 5.61. The Morgan fingerprint density at radius 3 is 2.95 bits per heavy atom. The third-order valence-corrected chi connectivity index (χ3v) is 3.90. The van der Waals surface area contributed by atoms with Crippen LogP contribution in [-0.2, 0) is 6.54 Å². The van der Waals surface area contributed by atoms with E-state index < -0.39 is 0 Å². The molecule has 0 fully saturated rings. The molecule has 0 saturated heterocycles. The van der Waals surface area contributed by atoms with E-state index in [2.05, 4.69) is 20.3 Å². The van der Waals surface area contributed by atoms with E-state index in [0.29, 0.717) is 23.1 Å². The van der Waals surface area contributed by atoms with E-state index in [1.165, 1.54) is 11.3 Å². The summed E-state index contributed by atoms with van der Waals surface area (Å²) in [6.07, 6.45) is 3.44. The van der Waals surface area contributed by atoms with Gasteiger partial charge >= 0.3 is 0 Å². The average molecular weight is 298 g/mol. The largest absolute Gasteiger partial charge is 0.457 e. The highest BCUT2D eigenvalue weighted by Gasteiger charge is 2.16. The summed E-state index contributed by atoms with van der Waals surface area (Å²) >= 11 is 1.41. The summed E-state index contributed by atoms with van der Waals surface area (Å²) in [6, 6.07) is 7.48. The molecule has 0 radical (unpaired) electrons. The average Bonchev–Trinajstić information content (AvgIpc) is 3.22. The minimum absolute atomic E-state index is 0.366. The van der Waals surface area contributed by atoms with Crippen molar-refractivity contribution in [3.63, 3.8) is 0 Å². The van der Waals surface area contributed by atoms with E-state index in [1.54, 1.807) is 16.9 Å². The van der Waals surface area contributed by atoms with Crippen molar-refractivity contribution < 1.29 is 4.42 Å². The zero-order valence-corrected chi connectivity index (χ0v) is 11.6. The Labute approximate surface area is 123 Å². The molecule has 104 valence electrons. The van der Waals surface area contributed by atoms with Crippen molar-refractivity contribution >= 4 is 16.3 Å². The molecule has 2 N–H and O–H groups in total. The Hall–Kier alpha value is -2.58. The molecule has 4 aromatic heterocycles. The highest BCUT2D eigenvalue weighted by atomic mass is 32.1. The second-order valence-corrected chi connectivity index (χ2v) is 5.29. The lowest BCUT2D eigenvalue weighted by Gasteiger charge is -1.94. The van der Waals surface area contributed by atoms with Gasteiger partial charge in [-0.3, -0.25) is 4.98 Å². The molecule has 0 atom stereocenters. The topological polar surface area (TPSA) is 95.1 Å². The lowest BCUT2D eigenvalue weighted by atomic mass is 10.3. The highest BCUT2D eigenvalue weighted by Crippen LogP contribution is 2.28. The lowest BCUT2D eigenvalue weighted by molar-refractivity contribution is 0.524. The third kappa shape index (κ3) is 2.01. The van der Waals surface area contributed by atoms with E-state index >= 15 is 0 Å². The normalized spacial score (nSPS) is 11.3. The van der Waals surface area contributed by atoms with Crippen LogP contribution in [0.3, 0.4) is 0 Å². The van der Waals surface area contributed by atoms with Gasteiger partial charge in [0.15, 0.2) is 16.6 Å². The molecule has 0 aliphatic carbocycles. The first-order chi connectivity index (χ1) is 10.3. The lowest BCUT2D eigenvalue weighted by Crippen LogP contribution is -1.92. The summed E-state index contributed by atoms with van der Waals surface area (Å²) in [6.45, 7) is 0.366. The molecule has 0 aromatic carbocycles. The number of hydrogen-bond donors (Lipinski definition) is 1. The molecule has 0 amide bonds. The van der Waals surface area contributed by atoms with Gasteiger partial charge in [0.05, 0.1) is 6.54 Å². The molecule has 4 heterocycles. The number of hydrogen-bond acceptors (Lipinski definition) is 7. The van der Waals surface area contributed by atoms with Crippen LogP contribution in [0.4, 0.5) is 0 Å². The first-order valence-corrected chi connectivity index (χ1v) is 7.08. The molecule has 0 bridgehead atoms. The van der Waals surface area contributed by atoms with Gasteiger partial charge in [-0.1, -0.05) is 11.3 Å². The SMILES string of the molecule is NCc1ccc(-c2nn3c(-c4cccnc4)nnc3s2)o1. The number of nitrogens with zero attached hydrogens (tertiary/aromatic N) is 5.